The first-order valence-electron chi connectivity index (χ1n) is 6.49. The highest BCUT2D eigenvalue weighted by Crippen LogP contribution is 2.25. The quantitative estimate of drug-likeness (QED) is 0.683. The zero-order valence-corrected chi connectivity index (χ0v) is 12.2. The average molecular weight is 295 g/mol. The summed E-state index contributed by atoms with van der Waals surface area (Å²) in [5.41, 5.74) is 3.17. The molecule has 1 amide bonds. The minimum atomic E-state index is -0.147. The molecule has 0 bridgehead atoms. The topological polar surface area (TPSA) is 45.2 Å². The summed E-state index contributed by atoms with van der Waals surface area (Å²) in [5.74, 6) is -0.147. The van der Waals surface area contributed by atoms with Crippen molar-refractivity contribution in [3.05, 3.63) is 65.6 Å². The van der Waals surface area contributed by atoms with Crippen LogP contribution < -0.4 is 10.2 Å². The van der Waals surface area contributed by atoms with Gasteiger partial charge in [-0.25, -0.2) is 0 Å². The van der Waals surface area contributed by atoms with E-state index in [1.807, 2.05) is 43.3 Å². The third-order valence-corrected chi connectivity index (χ3v) is 3.54. The maximum absolute atomic E-state index is 12.6. The van der Waals surface area contributed by atoms with Gasteiger partial charge in [0.25, 0.3) is 5.91 Å². The molecule has 3 rings (SSSR count). The fraction of sp³-hybridized carbons (Fsp3) is 0.0625. The maximum Gasteiger partial charge on any atom is 0.281 e. The number of pyridine rings is 1. The molecular weight excluding hydrogens is 282 g/mol. The highest BCUT2D eigenvalue weighted by Gasteiger charge is 2.32. The van der Waals surface area contributed by atoms with Gasteiger partial charge < -0.3 is 5.32 Å². The smallest absolute Gasteiger partial charge is 0.281 e. The lowest BCUT2D eigenvalue weighted by molar-refractivity contribution is -0.113. The Labute approximate surface area is 128 Å². The lowest BCUT2D eigenvalue weighted by atomic mass is 10.2. The van der Waals surface area contributed by atoms with E-state index in [1.54, 1.807) is 18.5 Å². The molecule has 0 unspecified atom stereocenters. The number of benzene rings is 1. The zero-order chi connectivity index (χ0) is 14.8. The summed E-state index contributed by atoms with van der Waals surface area (Å²) in [4.78, 5) is 18.0. The number of para-hydroxylation sites is 1. The second-order valence-corrected chi connectivity index (χ2v) is 5.08. The van der Waals surface area contributed by atoms with Crippen LogP contribution in [0.4, 0.5) is 5.69 Å². The first kappa shape index (κ1) is 13.5. The van der Waals surface area contributed by atoms with Crippen LogP contribution in [0.1, 0.15) is 11.1 Å². The Balaban J connectivity index is 1.97. The number of aromatic nitrogens is 1. The Hall–Kier alpha value is -2.53. The summed E-state index contributed by atoms with van der Waals surface area (Å²) in [6, 6.07) is 11.3. The van der Waals surface area contributed by atoms with Gasteiger partial charge in [0.2, 0.25) is 0 Å². The number of rotatable bonds is 2. The average Bonchev–Trinajstić information content (AvgIpc) is 2.76. The summed E-state index contributed by atoms with van der Waals surface area (Å²) in [6.07, 6.45) is 5.14. The third kappa shape index (κ3) is 2.55. The third-order valence-electron chi connectivity index (χ3n) is 3.25. The lowest BCUT2D eigenvalue weighted by Crippen LogP contribution is -2.30. The van der Waals surface area contributed by atoms with Crippen molar-refractivity contribution in [2.75, 3.05) is 4.90 Å². The van der Waals surface area contributed by atoms with Crippen LogP contribution in [0.5, 0.6) is 0 Å². The highest BCUT2D eigenvalue weighted by molar-refractivity contribution is 7.80. The molecule has 2 aromatic rings. The summed E-state index contributed by atoms with van der Waals surface area (Å²) >= 11 is 5.29. The number of nitrogens with one attached hydrogen (secondary N) is 1. The molecule has 1 aromatic heterocycles. The van der Waals surface area contributed by atoms with Gasteiger partial charge in [-0.3, -0.25) is 14.7 Å². The molecule has 1 aliphatic heterocycles. The predicted octanol–water partition coefficient (Wildman–Crippen LogP) is 2.65. The van der Waals surface area contributed by atoms with Crippen LogP contribution in [0.2, 0.25) is 0 Å². The molecule has 0 atom stereocenters. The minimum Gasteiger partial charge on any atom is -0.327 e. The number of aryl methyl sites for hydroxylation is 1. The molecule has 5 heteroatoms. The number of hydrogen-bond acceptors (Lipinski definition) is 3. The normalized spacial score (nSPS) is 16.4. The number of hydrogen-bond donors (Lipinski definition) is 1. The molecule has 1 aromatic carbocycles. The molecular formula is C16H13N3OS. The van der Waals surface area contributed by atoms with E-state index in [1.165, 1.54) is 4.90 Å². The molecule has 0 saturated carbocycles. The Bertz CT molecular complexity index is 740. The minimum absolute atomic E-state index is 0.147. The molecule has 21 heavy (non-hydrogen) atoms. The van der Waals surface area contributed by atoms with Crippen LogP contribution in [0.3, 0.4) is 0 Å². The van der Waals surface area contributed by atoms with Gasteiger partial charge in [0, 0.05) is 12.4 Å². The Morgan fingerprint density at radius 1 is 1.19 bits per heavy atom. The van der Waals surface area contributed by atoms with Crippen LogP contribution in [0, 0.1) is 6.92 Å². The maximum atomic E-state index is 12.6. The monoisotopic (exact) mass is 295 g/mol. The number of thiocarbonyl (C=S) groups is 1. The molecule has 104 valence electrons. The van der Waals surface area contributed by atoms with Crippen LogP contribution >= 0.6 is 12.2 Å². The first-order chi connectivity index (χ1) is 10.2. The number of carbonyl (C=O) groups is 1. The molecule has 1 saturated heterocycles. The molecule has 0 aliphatic carbocycles. The van der Waals surface area contributed by atoms with Crippen molar-refractivity contribution in [1.82, 2.24) is 10.3 Å². The van der Waals surface area contributed by atoms with E-state index in [0.29, 0.717) is 10.8 Å². The van der Waals surface area contributed by atoms with Gasteiger partial charge in [-0.05, 0) is 54.5 Å². The second kappa shape index (κ2) is 5.46. The first-order valence-corrected chi connectivity index (χ1v) is 6.90. The zero-order valence-electron chi connectivity index (χ0n) is 11.4. The van der Waals surface area contributed by atoms with E-state index in [9.17, 15) is 4.79 Å². The predicted molar refractivity (Wildman–Crippen MR) is 86.6 cm³/mol. The van der Waals surface area contributed by atoms with Gasteiger partial charge in [0.1, 0.15) is 5.70 Å². The fourth-order valence-electron chi connectivity index (χ4n) is 2.19. The van der Waals surface area contributed by atoms with E-state index in [-0.39, 0.29) is 5.91 Å². The van der Waals surface area contributed by atoms with Crippen molar-refractivity contribution in [3.63, 3.8) is 0 Å². The Kier molecular flexibility index (Phi) is 3.50. The van der Waals surface area contributed by atoms with Gasteiger partial charge >= 0.3 is 0 Å². The van der Waals surface area contributed by atoms with Crippen LogP contribution in [-0.4, -0.2) is 16.0 Å². The SMILES string of the molecule is Cc1ccccc1N1C(=O)C(=Cc2ccncc2)NC1=S. The Morgan fingerprint density at radius 2 is 1.90 bits per heavy atom. The van der Waals surface area contributed by atoms with Crippen LogP contribution in [0.25, 0.3) is 6.08 Å². The number of nitrogens with zero attached hydrogens (tertiary/aromatic N) is 2. The van der Waals surface area contributed by atoms with Gasteiger partial charge in [-0.1, -0.05) is 18.2 Å². The molecule has 1 aliphatic rings. The summed E-state index contributed by atoms with van der Waals surface area (Å²) in [6.45, 7) is 1.95. The second-order valence-electron chi connectivity index (χ2n) is 4.70. The number of amides is 1. The van der Waals surface area contributed by atoms with E-state index in [4.69, 9.17) is 12.2 Å². The van der Waals surface area contributed by atoms with Crippen LogP contribution in [-0.2, 0) is 4.79 Å². The molecule has 0 spiro atoms. The van der Waals surface area contributed by atoms with Crippen molar-refractivity contribution in [2.45, 2.75) is 6.92 Å². The lowest BCUT2D eigenvalue weighted by Gasteiger charge is -2.16. The fourth-order valence-corrected chi connectivity index (χ4v) is 2.49. The number of anilines is 1. The molecule has 1 N–H and O–H groups in total. The van der Waals surface area contributed by atoms with Gasteiger partial charge in [-0.2, -0.15) is 0 Å². The standard InChI is InChI=1S/C16H13N3OS/c1-11-4-2-3-5-14(11)19-15(20)13(18-16(19)21)10-12-6-8-17-9-7-12/h2-10H,1H3,(H,18,21). The van der Waals surface area contributed by atoms with E-state index >= 15 is 0 Å². The van der Waals surface area contributed by atoms with Crippen LogP contribution in [0.15, 0.2) is 54.5 Å². The van der Waals surface area contributed by atoms with Crippen molar-refractivity contribution in [2.24, 2.45) is 0 Å². The van der Waals surface area contributed by atoms with E-state index < -0.39 is 0 Å². The Morgan fingerprint density at radius 3 is 2.62 bits per heavy atom. The van der Waals surface area contributed by atoms with Crippen molar-refractivity contribution >= 4 is 35.0 Å². The van der Waals surface area contributed by atoms with Gasteiger partial charge in [0.05, 0.1) is 5.69 Å². The summed E-state index contributed by atoms with van der Waals surface area (Å²) in [7, 11) is 0. The summed E-state index contributed by atoms with van der Waals surface area (Å²) < 4.78 is 0. The molecule has 2 heterocycles. The van der Waals surface area contributed by atoms with Gasteiger partial charge in [-0.15, -0.1) is 0 Å². The largest absolute Gasteiger partial charge is 0.327 e. The van der Waals surface area contributed by atoms with Gasteiger partial charge in [0.15, 0.2) is 5.11 Å². The van der Waals surface area contributed by atoms with E-state index in [0.717, 1.165) is 16.8 Å². The number of carbonyl (C=O) groups excluding carboxylic acids is 1. The van der Waals surface area contributed by atoms with Crippen molar-refractivity contribution in [1.29, 1.82) is 0 Å². The highest BCUT2D eigenvalue weighted by atomic mass is 32.1. The molecule has 4 nitrogen and oxygen atoms in total. The van der Waals surface area contributed by atoms with Crippen molar-refractivity contribution in [3.8, 4) is 0 Å². The summed E-state index contributed by atoms with van der Waals surface area (Å²) in [5, 5.41) is 3.37. The molecule has 1 fully saturated rings. The van der Waals surface area contributed by atoms with Crippen molar-refractivity contribution < 1.29 is 4.79 Å². The molecule has 0 radical (unpaired) electrons. The van der Waals surface area contributed by atoms with E-state index in [2.05, 4.69) is 10.3 Å².